The van der Waals surface area contributed by atoms with Gasteiger partial charge in [0.25, 0.3) is 0 Å². The van der Waals surface area contributed by atoms with Gasteiger partial charge in [-0.05, 0) is 35.4 Å². The minimum absolute atomic E-state index is 0.118. The maximum atomic E-state index is 12.4. The minimum atomic E-state index is -0.507. The van der Waals surface area contributed by atoms with E-state index in [1.165, 1.54) is 26.4 Å². The first kappa shape index (κ1) is 36.0. The molecule has 0 fully saturated rings. The van der Waals surface area contributed by atoms with Crippen LogP contribution >= 0.6 is 0 Å². The van der Waals surface area contributed by atoms with Gasteiger partial charge in [-0.3, -0.25) is 9.59 Å². The number of hydrogen-bond acceptors (Lipinski definition) is 10. The fourth-order valence-corrected chi connectivity index (χ4v) is 6.53. The lowest BCUT2D eigenvalue weighted by molar-refractivity contribution is 0.0591. The van der Waals surface area contributed by atoms with Crippen LogP contribution in [0.15, 0.2) is 84.9 Å². The van der Waals surface area contributed by atoms with Crippen molar-refractivity contribution < 1.29 is 48.3 Å². The van der Waals surface area contributed by atoms with Gasteiger partial charge in [-0.1, -0.05) is 74.5 Å². The van der Waals surface area contributed by atoms with Crippen LogP contribution in [0.3, 0.4) is 0 Å². The number of hydrogen-bond donors (Lipinski definition) is 2. The van der Waals surface area contributed by atoms with E-state index in [1.54, 1.807) is 26.0 Å². The summed E-state index contributed by atoms with van der Waals surface area (Å²) in [5, 5.41) is 19.6. The Hall–Kier alpha value is -5.32. The lowest BCUT2D eigenvalue weighted by Gasteiger charge is -2.17. The molecule has 4 aromatic carbocycles. The highest BCUT2D eigenvalue weighted by molar-refractivity contribution is 6.03. The zero-order chi connectivity index (χ0) is 35.9. The molecule has 260 valence electrons. The van der Waals surface area contributed by atoms with Gasteiger partial charge < -0.3 is 29.2 Å². The zero-order valence-corrected chi connectivity index (χ0v) is 28.4. The van der Waals surface area contributed by atoms with Gasteiger partial charge in [0, 0.05) is 24.0 Å². The van der Waals surface area contributed by atoms with E-state index < -0.39 is 24.1 Å². The lowest BCUT2D eigenvalue weighted by atomic mass is 9.86. The van der Waals surface area contributed by atoms with Crippen molar-refractivity contribution in [2.75, 3.05) is 27.4 Å². The molecule has 4 aromatic rings. The van der Waals surface area contributed by atoms with Crippen LogP contribution in [0, 0.1) is 0 Å². The van der Waals surface area contributed by atoms with E-state index in [-0.39, 0.29) is 36.6 Å². The van der Waals surface area contributed by atoms with Gasteiger partial charge in [-0.15, -0.1) is 0 Å². The average Bonchev–Trinajstić information content (AvgIpc) is 3.75. The van der Waals surface area contributed by atoms with Crippen molar-refractivity contribution in [3.8, 4) is 11.5 Å². The van der Waals surface area contributed by atoms with E-state index in [4.69, 9.17) is 18.9 Å². The predicted molar refractivity (Wildman–Crippen MR) is 184 cm³/mol. The summed E-state index contributed by atoms with van der Waals surface area (Å²) in [6.07, 6.45) is -0.428. The zero-order valence-electron chi connectivity index (χ0n) is 28.4. The van der Waals surface area contributed by atoms with Crippen LogP contribution in [0.5, 0.6) is 11.5 Å². The topological polar surface area (TPSA) is 146 Å². The second kappa shape index (κ2) is 15.9. The van der Waals surface area contributed by atoms with Crippen molar-refractivity contribution in [1.29, 1.82) is 0 Å². The summed E-state index contributed by atoms with van der Waals surface area (Å²) < 4.78 is 21.5. The van der Waals surface area contributed by atoms with Gasteiger partial charge in [0.05, 0.1) is 61.5 Å². The maximum absolute atomic E-state index is 12.4. The second-order valence-corrected chi connectivity index (χ2v) is 11.9. The molecule has 2 aliphatic heterocycles. The Kier molecular flexibility index (Phi) is 11.5. The fourth-order valence-electron chi connectivity index (χ4n) is 6.53. The molecule has 0 radical (unpaired) electrons. The largest absolute Gasteiger partial charge is 0.486 e. The normalized spacial score (nSPS) is 18.4. The highest BCUT2D eigenvalue weighted by Gasteiger charge is 2.40. The van der Waals surface area contributed by atoms with Gasteiger partial charge >= 0.3 is 11.9 Å². The number of Topliss-reactive ketones (excluding diaryl/α,β-unsaturated/α-hetero) is 2. The molecule has 0 amide bonds. The summed E-state index contributed by atoms with van der Waals surface area (Å²) in [4.78, 5) is 48.9. The molecule has 0 saturated carbocycles. The van der Waals surface area contributed by atoms with E-state index in [1.807, 2.05) is 60.7 Å². The van der Waals surface area contributed by atoms with Crippen molar-refractivity contribution in [2.45, 2.75) is 50.7 Å². The van der Waals surface area contributed by atoms with Crippen LogP contribution in [-0.2, 0) is 9.47 Å². The Morgan fingerprint density at radius 3 is 1.26 bits per heavy atom. The molecule has 50 heavy (non-hydrogen) atoms. The minimum Gasteiger partial charge on any atom is -0.486 e. The Balaban J connectivity index is 0.000000194. The number of fused-ring (bicyclic) bond motifs is 2. The number of rotatable bonds is 10. The summed E-state index contributed by atoms with van der Waals surface area (Å²) in [5.74, 6) is -0.859. The lowest BCUT2D eigenvalue weighted by Crippen LogP contribution is -2.24. The van der Waals surface area contributed by atoms with Crippen molar-refractivity contribution >= 4 is 23.5 Å². The molecule has 0 saturated heterocycles. The Bertz CT molecular complexity index is 1730. The molecule has 0 bridgehead atoms. The third-order valence-corrected chi connectivity index (χ3v) is 8.95. The number of benzene rings is 4. The Morgan fingerprint density at radius 2 is 0.960 bits per heavy atom. The molecule has 10 heteroatoms. The Morgan fingerprint density at radius 1 is 0.600 bits per heavy atom. The molecule has 2 N–H and O–H groups in total. The first-order chi connectivity index (χ1) is 24.2. The molecule has 2 aliphatic rings. The SMILES string of the molecule is CCC(=O)c1cc(C(=O)OC)cc2c1O[C@@H](CO)[C@@H]2c1ccccc1.CCC(=O)c1cc(C(=O)OC)cc2c1O[C@H](CO)[C@H]2c1ccccc1. The number of methoxy groups -OCH3 is 2. The number of carbonyl (C=O) groups excluding carboxylic acids is 4. The monoisotopic (exact) mass is 680 g/mol. The summed E-state index contributed by atoms with van der Waals surface area (Å²) in [6, 6.07) is 25.6. The first-order valence-corrected chi connectivity index (χ1v) is 16.4. The predicted octanol–water partition coefficient (Wildman–Crippen LogP) is 5.90. The van der Waals surface area contributed by atoms with Gasteiger partial charge in [-0.2, -0.15) is 0 Å². The van der Waals surface area contributed by atoms with Crippen LogP contribution < -0.4 is 9.47 Å². The van der Waals surface area contributed by atoms with Crippen LogP contribution in [-0.4, -0.2) is 73.4 Å². The van der Waals surface area contributed by atoms with Gasteiger partial charge in [-0.25, -0.2) is 9.59 Å². The maximum Gasteiger partial charge on any atom is 0.337 e. The molecule has 0 spiro atoms. The number of ketones is 2. The summed E-state index contributed by atoms with van der Waals surface area (Å²) in [7, 11) is 2.61. The van der Waals surface area contributed by atoms with Gasteiger partial charge in [0.2, 0.25) is 0 Å². The van der Waals surface area contributed by atoms with Crippen molar-refractivity contribution in [3.05, 3.63) is 129 Å². The molecule has 10 nitrogen and oxygen atoms in total. The quantitative estimate of drug-likeness (QED) is 0.153. The fraction of sp³-hybridized carbons (Fsp3) is 0.300. The van der Waals surface area contributed by atoms with Crippen molar-refractivity contribution in [2.24, 2.45) is 0 Å². The number of aliphatic hydroxyl groups is 2. The Labute approximate surface area is 290 Å². The first-order valence-electron chi connectivity index (χ1n) is 16.4. The highest BCUT2D eigenvalue weighted by atomic mass is 16.5. The molecule has 0 aliphatic carbocycles. The van der Waals surface area contributed by atoms with Crippen LogP contribution in [0.2, 0.25) is 0 Å². The number of ether oxygens (including phenoxy) is 4. The van der Waals surface area contributed by atoms with E-state index >= 15 is 0 Å². The number of carbonyl (C=O) groups is 4. The van der Waals surface area contributed by atoms with E-state index in [0.29, 0.717) is 46.6 Å². The van der Waals surface area contributed by atoms with Gasteiger partial charge in [0.1, 0.15) is 23.7 Å². The smallest absolute Gasteiger partial charge is 0.337 e. The molecule has 4 atom stereocenters. The standard InChI is InChI=1S/2C20H20O5/c2*1-3-16(22)14-9-13(20(23)24-2)10-15-18(12-7-5-4-6-8-12)17(11-21)25-19(14)15/h2*4-10,17-18,21H,3,11H2,1-2H3/t2*17-,18+/m10/s1. The van der Waals surface area contributed by atoms with Crippen molar-refractivity contribution in [1.82, 2.24) is 0 Å². The third-order valence-electron chi connectivity index (χ3n) is 8.95. The van der Waals surface area contributed by atoms with E-state index in [9.17, 15) is 29.4 Å². The molecular formula is C40H40O10. The molecule has 0 unspecified atom stereocenters. The summed E-state index contributed by atoms with van der Waals surface area (Å²) in [6.45, 7) is 3.13. The highest BCUT2D eigenvalue weighted by Crippen LogP contribution is 2.46. The average molecular weight is 681 g/mol. The van der Waals surface area contributed by atoms with E-state index in [2.05, 4.69) is 0 Å². The molecular weight excluding hydrogens is 640 g/mol. The second-order valence-electron chi connectivity index (χ2n) is 11.9. The number of esters is 2. The van der Waals surface area contributed by atoms with Crippen LogP contribution in [0.1, 0.15) is 102 Å². The summed E-state index contributed by atoms with van der Waals surface area (Å²) >= 11 is 0. The molecule has 6 rings (SSSR count). The van der Waals surface area contributed by atoms with Gasteiger partial charge in [0.15, 0.2) is 11.6 Å². The van der Waals surface area contributed by atoms with Crippen molar-refractivity contribution in [3.63, 3.8) is 0 Å². The van der Waals surface area contributed by atoms with Crippen LogP contribution in [0.25, 0.3) is 0 Å². The van der Waals surface area contributed by atoms with E-state index in [0.717, 1.165) is 22.3 Å². The summed E-state index contributed by atoms with van der Waals surface area (Å²) in [5.41, 5.74) is 4.70. The number of aliphatic hydroxyl groups excluding tert-OH is 2. The molecule has 0 aromatic heterocycles. The molecule has 2 heterocycles. The third kappa shape index (κ3) is 7.03. The van der Waals surface area contributed by atoms with Crippen LogP contribution in [0.4, 0.5) is 0 Å².